The van der Waals surface area contributed by atoms with Crippen molar-refractivity contribution in [1.29, 1.82) is 0 Å². The lowest BCUT2D eigenvalue weighted by molar-refractivity contribution is 0.472. The van der Waals surface area contributed by atoms with Gasteiger partial charge in [0, 0.05) is 29.3 Å². The zero-order chi connectivity index (χ0) is 15.2. The maximum Gasteiger partial charge on any atom is 0.129 e. The third-order valence-electron chi connectivity index (χ3n) is 3.47. The average Bonchev–Trinajstić information content (AvgIpc) is 2.86. The molecule has 0 aliphatic carbocycles. The van der Waals surface area contributed by atoms with Crippen LogP contribution < -0.4 is 5.32 Å². The Morgan fingerprint density at radius 3 is 2.86 bits per heavy atom. The van der Waals surface area contributed by atoms with Crippen molar-refractivity contribution in [2.45, 2.75) is 32.2 Å². The van der Waals surface area contributed by atoms with E-state index in [0.717, 1.165) is 35.8 Å². The number of aryl methyl sites for hydroxylation is 2. The highest BCUT2D eigenvalue weighted by Gasteiger charge is 2.18. The number of halogens is 2. The molecule has 1 unspecified atom stereocenters. The number of nitrogens with zero attached hydrogens (tertiary/aromatic N) is 2. The van der Waals surface area contributed by atoms with Crippen LogP contribution in [0.4, 0.5) is 4.39 Å². The number of benzene rings is 1. The first kappa shape index (κ1) is 16.2. The summed E-state index contributed by atoms with van der Waals surface area (Å²) in [5.41, 5.74) is 1.89. The van der Waals surface area contributed by atoms with Crippen molar-refractivity contribution < 1.29 is 4.39 Å². The van der Waals surface area contributed by atoms with E-state index in [0.29, 0.717) is 0 Å². The number of hydrogen-bond acceptors (Lipinski definition) is 2. The number of rotatable bonds is 7. The van der Waals surface area contributed by atoms with Gasteiger partial charge in [-0.25, -0.2) is 4.39 Å². The monoisotopic (exact) mass is 353 g/mol. The molecule has 0 spiro atoms. The van der Waals surface area contributed by atoms with Crippen molar-refractivity contribution in [1.82, 2.24) is 15.1 Å². The van der Waals surface area contributed by atoms with E-state index in [1.165, 1.54) is 11.6 Å². The number of nitrogens with one attached hydrogen (secondary N) is 1. The van der Waals surface area contributed by atoms with E-state index in [2.05, 4.69) is 33.3 Å². The fourth-order valence-electron chi connectivity index (χ4n) is 2.42. The second-order valence-corrected chi connectivity index (χ2v) is 6.06. The van der Waals surface area contributed by atoms with Crippen LogP contribution in [0.3, 0.4) is 0 Å². The van der Waals surface area contributed by atoms with Crippen LogP contribution in [0.15, 0.2) is 35.1 Å². The Balaban J connectivity index is 2.13. The molecular weight excluding hydrogens is 333 g/mol. The Morgan fingerprint density at radius 2 is 2.24 bits per heavy atom. The molecule has 0 saturated carbocycles. The van der Waals surface area contributed by atoms with Gasteiger partial charge in [-0.15, -0.1) is 0 Å². The van der Waals surface area contributed by atoms with Crippen molar-refractivity contribution in [3.63, 3.8) is 0 Å². The Morgan fingerprint density at radius 1 is 1.43 bits per heavy atom. The molecule has 0 aliphatic heterocycles. The van der Waals surface area contributed by atoms with E-state index in [1.54, 1.807) is 10.7 Å². The zero-order valence-electron chi connectivity index (χ0n) is 12.4. The second-order valence-electron chi connectivity index (χ2n) is 5.20. The molecule has 3 nitrogen and oxygen atoms in total. The van der Waals surface area contributed by atoms with Gasteiger partial charge in [0.2, 0.25) is 0 Å². The molecule has 5 heteroatoms. The van der Waals surface area contributed by atoms with Crippen molar-refractivity contribution >= 4 is 15.9 Å². The first-order valence-corrected chi connectivity index (χ1v) is 8.06. The molecule has 1 heterocycles. The molecule has 21 heavy (non-hydrogen) atoms. The topological polar surface area (TPSA) is 29.9 Å². The Labute approximate surface area is 133 Å². The summed E-state index contributed by atoms with van der Waals surface area (Å²) in [5.74, 6) is -0.163. The third-order valence-corrected chi connectivity index (χ3v) is 4.16. The summed E-state index contributed by atoms with van der Waals surface area (Å²) >= 11 is 3.47. The molecule has 0 amide bonds. The lowest BCUT2D eigenvalue weighted by Crippen LogP contribution is -2.24. The van der Waals surface area contributed by atoms with Crippen molar-refractivity contribution in [3.8, 4) is 0 Å². The van der Waals surface area contributed by atoms with Gasteiger partial charge in [0.25, 0.3) is 0 Å². The highest BCUT2D eigenvalue weighted by molar-refractivity contribution is 9.10. The minimum Gasteiger partial charge on any atom is -0.310 e. The molecule has 114 valence electrons. The van der Waals surface area contributed by atoms with Crippen LogP contribution in [0, 0.1) is 5.82 Å². The van der Waals surface area contributed by atoms with Crippen LogP contribution in [0.2, 0.25) is 0 Å². The first-order valence-electron chi connectivity index (χ1n) is 7.26. The standard InChI is InChI=1S/C16H21BrFN3/c1-3-9-19-15(8-7-12-10-20-21(2)11-12)16-13(17)5-4-6-14(16)18/h4-6,10-11,15,19H,3,7-9H2,1-2H3. The van der Waals surface area contributed by atoms with Crippen molar-refractivity contribution in [3.05, 3.63) is 52.0 Å². The summed E-state index contributed by atoms with van der Waals surface area (Å²) < 4.78 is 16.8. The highest BCUT2D eigenvalue weighted by Crippen LogP contribution is 2.29. The van der Waals surface area contributed by atoms with Gasteiger partial charge in [0.05, 0.1) is 6.20 Å². The molecule has 0 radical (unpaired) electrons. The van der Waals surface area contributed by atoms with Crippen LogP contribution in [0.1, 0.15) is 36.9 Å². The van der Waals surface area contributed by atoms with Gasteiger partial charge in [-0.1, -0.05) is 28.9 Å². The van der Waals surface area contributed by atoms with Gasteiger partial charge in [0.15, 0.2) is 0 Å². The summed E-state index contributed by atoms with van der Waals surface area (Å²) in [6, 6.07) is 5.13. The molecule has 1 aromatic carbocycles. The zero-order valence-corrected chi connectivity index (χ0v) is 14.0. The van der Waals surface area contributed by atoms with Gasteiger partial charge in [-0.3, -0.25) is 4.68 Å². The van der Waals surface area contributed by atoms with Crippen LogP contribution in [-0.4, -0.2) is 16.3 Å². The Kier molecular flexibility index (Phi) is 5.94. The molecule has 0 aliphatic rings. The van der Waals surface area contributed by atoms with E-state index in [4.69, 9.17) is 0 Å². The van der Waals surface area contributed by atoms with E-state index in [1.807, 2.05) is 25.5 Å². The molecule has 2 aromatic rings. The third kappa shape index (κ3) is 4.38. The largest absolute Gasteiger partial charge is 0.310 e. The summed E-state index contributed by atoms with van der Waals surface area (Å²) in [4.78, 5) is 0. The molecule has 0 bridgehead atoms. The fourth-order valence-corrected chi connectivity index (χ4v) is 3.04. The van der Waals surface area contributed by atoms with Crippen molar-refractivity contribution in [2.75, 3.05) is 6.54 Å². The molecule has 2 rings (SSSR count). The summed E-state index contributed by atoms with van der Waals surface area (Å²) in [7, 11) is 1.91. The van der Waals surface area contributed by atoms with Crippen LogP contribution in [-0.2, 0) is 13.5 Å². The second kappa shape index (κ2) is 7.71. The molecule has 1 N–H and O–H groups in total. The SMILES string of the molecule is CCCNC(CCc1cnn(C)c1)c1c(F)cccc1Br. The summed E-state index contributed by atoms with van der Waals surface area (Å²) in [6.07, 6.45) is 6.61. The van der Waals surface area contributed by atoms with Crippen LogP contribution >= 0.6 is 15.9 Å². The van der Waals surface area contributed by atoms with Gasteiger partial charge < -0.3 is 5.32 Å². The highest BCUT2D eigenvalue weighted by atomic mass is 79.9. The minimum absolute atomic E-state index is 0.000677. The van der Waals surface area contributed by atoms with Gasteiger partial charge in [-0.05, 0) is 43.5 Å². The molecule has 1 atom stereocenters. The summed E-state index contributed by atoms with van der Waals surface area (Å²) in [6.45, 7) is 2.99. The predicted octanol–water partition coefficient (Wildman–Crippen LogP) is 4.00. The van der Waals surface area contributed by atoms with Gasteiger partial charge in [-0.2, -0.15) is 5.10 Å². The fraction of sp³-hybridized carbons (Fsp3) is 0.438. The normalized spacial score (nSPS) is 12.6. The maximum absolute atomic E-state index is 14.2. The van der Waals surface area contributed by atoms with Crippen LogP contribution in [0.25, 0.3) is 0 Å². The predicted molar refractivity (Wildman–Crippen MR) is 86.7 cm³/mol. The molecule has 0 saturated heterocycles. The smallest absolute Gasteiger partial charge is 0.129 e. The molecule has 0 fully saturated rings. The van der Waals surface area contributed by atoms with Crippen molar-refractivity contribution in [2.24, 2.45) is 7.05 Å². The Hall–Kier alpha value is -1.20. The van der Waals surface area contributed by atoms with Crippen LogP contribution in [0.5, 0.6) is 0 Å². The number of hydrogen-bond donors (Lipinski definition) is 1. The van der Waals surface area contributed by atoms with E-state index in [9.17, 15) is 4.39 Å². The lowest BCUT2D eigenvalue weighted by atomic mass is 9.99. The average molecular weight is 354 g/mol. The van der Waals surface area contributed by atoms with E-state index >= 15 is 0 Å². The van der Waals surface area contributed by atoms with E-state index in [-0.39, 0.29) is 11.9 Å². The molecular formula is C16H21BrFN3. The summed E-state index contributed by atoms with van der Waals surface area (Å²) in [5, 5.41) is 7.62. The Bertz CT molecular complexity index is 562. The first-order chi connectivity index (χ1) is 10.1. The number of aromatic nitrogens is 2. The lowest BCUT2D eigenvalue weighted by Gasteiger charge is -2.20. The maximum atomic E-state index is 14.2. The van der Waals surface area contributed by atoms with Gasteiger partial charge >= 0.3 is 0 Å². The van der Waals surface area contributed by atoms with E-state index < -0.39 is 0 Å². The van der Waals surface area contributed by atoms with Gasteiger partial charge in [0.1, 0.15) is 5.82 Å². The molecule has 1 aromatic heterocycles. The minimum atomic E-state index is -0.163. The quantitative estimate of drug-likeness (QED) is 0.815.